The molecule has 2 heterocycles. The van der Waals surface area contributed by atoms with Crippen molar-refractivity contribution in [2.24, 2.45) is 11.1 Å². The zero-order valence-corrected chi connectivity index (χ0v) is 9.34. The summed E-state index contributed by atoms with van der Waals surface area (Å²) in [5, 5.41) is 0. The van der Waals surface area contributed by atoms with Crippen LogP contribution in [0.5, 0.6) is 0 Å². The van der Waals surface area contributed by atoms with Crippen LogP contribution in [0.3, 0.4) is 0 Å². The molecule has 0 aromatic carbocycles. The molecule has 0 aromatic rings. The fourth-order valence-electron chi connectivity index (χ4n) is 2.84. The maximum Gasteiger partial charge on any atom is 0.417 e. The zero-order valence-electron chi connectivity index (χ0n) is 9.34. The van der Waals surface area contributed by atoms with Crippen LogP contribution < -0.4 is 5.73 Å². The third kappa shape index (κ3) is 1.81. The summed E-state index contributed by atoms with van der Waals surface area (Å²) in [4.78, 5) is 11.1. The van der Waals surface area contributed by atoms with Crippen LogP contribution in [0, 0.1) is 5.41 Å². The lowest BCUT2D eigenvalue weighted by Gasteiger charge is -2.45. The quantitative estimate of drug-likeness (QED) is 0.762. The summed E-state index contributed by atoms with van der Waals surface area (Å²) in [6, 6.07) is -0.882. The molecule has 1 aliphatic carbocycles. The van der Waals surface area contributed by atoms with Gasteiger partial charge >= 0.3 is 12.1 Å². The van der Waals surface area contributed by atoms with Crippen LogP contribution in [-0.4, -0.2) is 37.5 Å². The van der Waals surface area contributed by atoms with Gasteiger partial charge in [-0.15, -0.1) is 0 Å². The molecule has 1 atom stereocenters. The summed E-state index contributed by atoms with van der Waals surface area (Å²) in [7, 11) is 1.20. The number of carbonyl (C=O) groups excluding carboxylic acids is 1. The lowest BCUT2D eigenvalue weighted by atomic mass is 9.59. The van der Waals surface area contributed by atoms with Crippen LogP contribution in [0.2, 0.25) is 0 Å². The SMILES string of the molecule is COC(=O)[C@H](N)CC12COC(C(F)(F)F)(C1)C2. The number of hydrogen-bond acceptors (Lipinski definition) is 4. The minimum atomic E-state index is -4.34. The summed E-state index contributed by atoms with van der Waals surface area (Å²) >= 11 is 0. The van der Waals surface area contributed by atoms with E-state index in [0.29, 0.717) is 0 Å². The Labute approximate surface area is 96.2 Å². The van der Waals surface area contributed by atoms with E-state index in [2.05, 4.69) is 4.74 Å². The molecule has 0 radical (unpaired) electrons. The first kappa shape index (κ1) is 12.6. The van der Waals surface area contributed by atoms with Crippen LogP contribution in [0.4, 0.5) is 13.2 Å². The highest BCUT2D eigenvalue weighted by molar-refractivity contribution is 5.75. The second-order valence-corrected chi connectivity index (χ2v) is 4.97. The molecule has 2 bridgehead atoms. The fraction of sp³-hybridized carbons (Fsp3) is 0.900. The molecule has 2 aliphatic heterocycles. The van der Waals surface area contributed by atoms with Crippen molar-refractivity contribution in [3.63, 3.8) is 0 Å². The van der Waals surface area contributed by atoms with Gasteiger partial charge in [-0.05, 0) is 19.3 Å². The van der Waals surface area contributed by atoms with Gasteiger partial charge in [-0.1, -0.05) is 0 Å². The van der Waals surface area contributed by atoms with Gasteiger partial charge in [0.15, 0.2) is 5.60 Å². The van der Waals surface area contributed by atoms with Crippen molar-refractivity contribution in [2.75, 3.05) is 13.7 Å². The highest BCUT2D eigenvalue weighted by Crippen LogP contribution is 2.65. The maximum absolute atomic E-state index is 12.7. The van der Waals surface area contributed by atoms with Crippen molar-refractivity contribution in [3.8, 4) is 0 Å². The van der Waals surface area contributed by atoms with Gasteiger partial charge in [-0.3, -0.25) is 4.79 Å². The second-order valence-electron chi connectivity index (χ2n) is 4.97. The number of carbonyl (C=O) groups is 1. The van der Waals surface area contributed by atoms with Gasteiger partial charge in [0.1, 0.15) is 6.04 Å². The normalized spacial score (nSPS) is 37.5. The predicted octanol–water partition coefficient (Wildman–Crippen LogP) is 0.988. The summed E-state index contributed by atoms with van der Waals surface area (Å²) < 4.78 is 47.3. The summed E-state index contributed by atoms with van der Waals surface area (Å²) in [6.45, 7) is 0.0111. The molecule has 4 nitrogen and oxygen atoms in total. The largest absolute Gasteiger partial charge is 0.468 e. The molecule has 17 heavy (non-hydrogen) atoms. The molecule has 7 heteroatoms. The first-order valence-corrected chi connectivity index (χ1v) is 5.28. The third-order valence-electron chi connectivity index (χ3n) is 3.65. The highest BCUT2D eigenvalue weighted by atomic mass is 19.4. The number of nitrogens with two attached hydrogens (primary N) is 1. The Balaban J connectivity index is 1.98. The molecule has 3 fully saturated rings. The van der Waals surface area contributed by atoms with E-state index in [4.69, 9.17) is 10.5 Å². The number of esters is 1. The topological polar surface area (TPSA) is 61.5 Å². The van der Waals surface area contributed by atoms with E-state index in [1.807, 2.05) is 0 Å². The van der Waals surface area contributed by atoms with Crippen molar-refractivity contribution >= 4 is 5.97 Å². The number of fused-ring (bicyclic) bond motifs is 1. The minimum Gasteiger partial charge on any atom is -0.468 e. The molecule has 3 aliphatic rings. The molecule has 98 valence electrons. The van der Waals surface area contributed by atoms with Crippen molar-refractivity contribution in [2.45, 2.75) is 37.1 Å². The lowest BCUT2D eigenvalue weighted by molar-refractivity contribution is -0.277. The number of alkyl halides is 3. The molecule has 0 aromatic heterocycles. The molecule has 0 spiro atoms. The Hall–Kier alpha value is -0.820. The van der Waals surface area contributed by atoms with Gasteiger partial charge in [0, 0.05) is 5.41 Å². The average molecular weight is 253 g/mol. The Morgan fingerprint density at radius 1 is 1.53 bits per heavy atom. The van der Waals surface area contributed by atoms with Crippen LogP contribution in [0.1, 0.15) is 19.3 Å². The van der Waals surface area contributed by atoms with Gasteiger partial charge in [-0.25, -0.2) is 0 Å². The van der Waals surface area contributed by atoms with Gasteiger partial charge in [-0.2, -0.15) is 13.2 Å². The number of methoxy groups -OCH3 is 1. The zero-order chi connectivity index (χ0) is 12.9. The van der Waals surface area contributed by atoms with Crippen LogP contribution >= 0.6 is 0 Å². The van der Waals surface area contributed by atoms with E-state index in [9.17, 15) is 18.0 Å². The standard InChI is InChI=1S/C10H14F3NO3/c1-16-7(15)6(14)2-8-3-9(4-8,17-5-8)10(11,12)13/h6H,2-5,14H2,1H3/t6-,8?,9?/m1/s1. The molecule has 1 saturated carbocycles. The number of halogens is 3. The van der Waals surface area contributed by atoms with Gasteiger partial charge in [0.25, 0.3) is 0 Å². The van der Waals surface area contributed by atoms with E-state index >= 15 is 0 Å². The van der Waals surface area contributed by atoms with Crippen molar-refractivity contribution in [1.29, 1.82) is 0 Å². The fourth-order valence-corrected chi connectivity index (χ4v) is 2.84. The molecule has 3 rings (SSSR count). The third-order valence-corrected chi connectivity index (χ3v) is 3.65. The van der Waals surface area contributed by atoms with Crippen molar-refractivity contribution < 1.29 is 27.4 Å². The molecular weight excluding hydrogens is 239 g/mol. The van der Waals surface area contributed by atoms with Crippen molar-refractivity contribution in [3.05, 3.63) is 0 Å². The lowest BCUT2D eigenvalue weighted by Crippen LogP contribution is -2.56. The van der Waals surface area contributed by atoms with E-state index in [-0.39, 0.29) is 25.9 Å². The maximum atomic E-state index is 12.7. The number of ether oxygens (including phenoxy) is 2. The van der Waals surface area contributed by atoms with Crippen LogP contribution in [0.25, 0.3) is 0 Å². The monoisotopic (exact) mass is 253 g/mol. The number of rotatable bonds is 3. The second kappa shape index (κ2) is 3.58. The highest BCUT2D eigenvalue weighted by Gasteiger charge is 2.73. The summed E-state index contributed by atoms with van der Waals surface area (Å²) in [6.07, 6.45) is -4.37. The Kier molecular flexibility index (Phi) is 2.66. The van der Waals surface area contributed by atoms with Gasteiger partial charge in [0.2, 0.25) is 0 Å². The van der Waals surface area contributed by atoms with Crippen LogP contribution in [0.15, 0.2) is 0 Å². The summed E-state index contributed by atoms with van der Waals surface area (Å²) in [5.74, 6) is -0.601. The molecule has 2 saturated heterocycles. The Bertz CT molecular complexity index is 336. The Morgan fingerprint density at radius 2 is 2.12 bits per heavy atom. The molecule has 0 amide bonds. The summed E-state index contributed by atoms with van der Waals surface area (Å²) in [5.41, 5.74) is 2.95. The van der Waals surface area contributed by atoms with Gasteiger partial charge in [0.05, 0.1) is 13.7 Å². The minimum absolute atomic E-state index is 0.0111. The molecule has 0 unspecified atom stereocenters. The smallest absolute Gasteiger partial charge is 0.417 e. The van der Waals surface area contributed by atoms with Crippen LogP contribution in [-0.2, 0) is 14.3 Å². The van der Waals surface area contributed by atoms with E-state index in [1.54, 1.807) is 0 Å². The first-order chi connectivity index (χ1) is 7.74. The predicted molar refractivity (Wildman–Crippen MR) is 51.0 cm³/mol. The first-order valence-electron chi connectivity index (χ1n) is 5.28. The molecule has 2 N–H and O–H groups in total. The van der Waals surface area contributed by atoms with Crippen molar-refractivity contribution in [1.82, 2.24) is 0 Å². The average Bonchev–Trinajstić information content (AvgIpc) is 2.71. The molecular formula is C10H14F3NO3. The van der Waals surface area contributed by atoms with Gasteiger partial charge < -0.3 is 15.2 Å². The number of hydrogen-bond donors (Lipinski definition) is 1. The van der Waals surface area contributed by atoms with E-state index in [0.717, 1.165) is 0 Å². The van der Waals surface area contributed by atoms with E-state index < -0.39 is 29.2 Å². The van der Waals surface area contributed by atoms with E-state index in [1.165, 1.54) is 7.11 Å². The Morgan fingerprint density at radius 3 is 2.53 bits per heavy atom.